The lowest BCUT2D eigenvalue weighted by Gasteiger charge is -2.00. The number of hydrogen-bond donors (Lipinski definition) is 1. The van der Waals surface area contributed by atoms with E-state index in [1.54, 1.807) is 13.0 Å². The van der Waals surface area contributed by atoms with Gasteiger partial charge in [-0.05, 0) is 40.5 Å². The van der Waals surface area contributed by atoms with E-state index in [1.165, 1.54) is 13.2 Å². The fourth-order valence-corrected chi connectivity index (χ4v) is 3.00. The Morgan fingerprint density at radius 1 is 1.48 bits per heavy atom. The van der Waals surface area contributed by atoms with Gasteiger partial charge in [0.25, 0.3) is 5.91 Å². The average Bonchev–Trinajstić information content (AvgIpc) is 3.02. The van der Waals surface area contributed by atoms with Crippen molar-refractivity contribution >= 4 is 44.1 Å². The normalized spacial score (nSPS) is 10.0. The van der Waals surface area contributed by atoms with Crippen LogP contribution in [0, 0.1) is 18.3 Å². The molecule has 108 valence electrons. The molecule has 2 aromatic rings. The number of furan rings is 1. The van der Waals surface area contributed by atoms with Crippen molar-refractivity contribution in [2.45, 2.75) is 6.92 Å². The lowest BCUT2D eigenvalue weighted by Crippen LogP contribution is -2.10. The number of nitrogens with zero attached hydrogens (tertiary/aromatic N) is 1. The SMILES string of the molecule is COC(=O)c1sc(NC(=O)c2ccc(Br)o2)c(C#N)c1C. The second-order valence-electron chi connectivity index (χ2n) is 3.92. The van der Waals surface area contributed by atoms with Crippen molar-refractivity contribution in [3.63, 3.8) is 0 Å². The molecule has 0 saturated heterocycles. The number of amides is 1. The van der Waals surface area contributed by atoms with Gasteiger partial charge in [0.1, 0.15) is 15.9 Å². The third-order valence-corrected chi connectivity index (χ3v) is 4.27. The number of nitriles is 1. The van der Waals surface area contributed by atoms with Crippen LogP contribution in [0.4, 0.5) is 5.00 Å². The number of carbonyl (C=O) groups excluding carboxylic acids is 2. The fourth-order valence-electron chi connectivity index (χ4n) is 1.62. The van der Waals surface area contributed by atoms with E-state index >= 15 is 0 Å². The quantitative estimate of drug-likeness (QED) is 0.838. The number of halogens is 1. The Kier molecular flexibility index (Phi) is 4.45. The van der Waals surface area contributed by atoms with Gasteiger partial charge >= 0.3 is 5.97 Å². The summed E-state index contributed by atoms with van der Waals surface area (Å²) in [7, 11) is 1.26. The van der Waals surface area contributed by atoms with E-state index < -0.39 is 11.9 Å². The summed E-state index contributed by atoms with van der Waals surface area (Å²) in [5.74, 6) is -0.957. The van der Waals surface area contributed by atoms with Gasteiger partial charge in [0.05, 0.1) is 12.7 Å². The number of rotatable bonds is 3. The van der Waals surface area contributed by atoms with Gasteiger partial charge in [0, 0.05) is 0 Å². The molecule has 0 radical (unpaired) electrons. The first kappa shape index (κ1) is 15.3. The van der Waals surface area contributed by atoms with Gasteiger partial charge in [0.15, 0.2) is 10.4 Å². The van der Waals surface area contributed by atoms with E-state index in [9.17, 15) is 14.9 Å². The molecule has 0 unspecified atom stereocenters. The smallest absolute Gasteiger partial charge is 0.348 e. The molecule has 2 aromatic heterocycles. The first-order valence-electron chi connectivity index (χ1n) is 5.66. The molecule has 1 N–H and O–H groups in total. The molecule has 0 bridgehead atoms. The molecule has 8 heteroatoms. The van der Waals surface area contributed by atoms with Crippen molar-refractivity contribution in [3.8, 4) is 6.07 Å². The Labute approximate surface area is 132 Å². The van der Waals surface area contributed by atoms with Crippen molar-refractivity contribution in [3.05, 3.63) is 38.6 Å². The molecule has 2 rings (SSSR count). The number of anilines is 1. The minimum absolute atomic E-state index is 0.0939. The molecule has 0 aliphatic carbocycles. The highest BCUT2D eigenvalue weighted by Crippen LogP contribution is 2.33. The predicted molar refractivity (Wildman–Crippen MR) is 79.5 cm³/mol. The number of ether oxygens (including phenoxy) is 1. The highest BCUT2D eigenvalue weighted by atomic mass is 79.9. The van der Waals surface area contributed by atoms with Crippen molar-refractivity contribution in [1.82, 2.24) is 0 Å². The predicted octanol–water partition coefficient (Wildman–Crippen LogP) is 3.32. The van der Waals surface area contributed by atoms with Gasteiger partial charge in [-0.15, -0.1) is 11.3 Å². The molecule has 0 aromatic carbocycles. The second-order valence-corrected chi connectivity index (χ2v) is 5.72. The molecule has 2 heterocycles. The summed E-state index contributed by atoms with van der Waals surface area (Å²) in [4.78, 5) is 23.9. The second kappa shape index (κ2) is 6.11. The largest absolute Gasteiger partial charge is 0.465 e. The van der Waals surface area contributed by atoms with E-state index in [-0.39, 0.29) is 21.2 Å². The van der Waals surface area contributed by atoms with E-state index in [1.807, 2.05) is 6.07 Å². The van der Waals surface area contributed by atoms with Crippen molar-refractivity contribution in [1.29, 1.82) is 5.26 Å². The van der Waals surface area contributed by atoms with Crippen LogP contribution in [0.25, 0.3) is 0 Å². The first-order valence-corrected chi connectivity index (χ1v) is 7.27. The molecule has 0 saturated carbocycles. The molecule has 0 aliphatic rings. The maximum Gasteiger partial charge on any atom is 0.348 e. The van der Waals surface area contributed by atoms with Gasteiger partial charge in [-0.25, -0.2) is 4.79 Å². The molecule has 1 amide bonds. The minimum Gasteiger partial charge on any atom is -0.465 e. The summed E-state index contributed by atoms with van der Waals surface area (Å²) in [5.41, 5.74) is 0.713. The molecule has 0 aliphatic heterocycles. The minimum atomic E-state index is -0.546. The summed E-state index contributed by atoms with van der Waals surface area (Å²) in [5, 5.41) is 12.0. The van der Waals surface area contributed by atoms with Crippen molar-refractivity contribution in [2.24, 2.45) is 0 Å². The number of nitrogens with one attached hydrogen (secondary N) is 1. The first-order chi connectivity index (χ1) is 9.97. The number of hydrogen-bond acceptors (Lipinski definition) is 6. The van der Waals surface area contributed by atoms with Crippen LogP contribution in [0.15, 0.2) is 21.2 Å². The van der Waals surface area contributed by atoms with Crippen LogP contribution in [0.1, 0.15) is 31.4 Å². The molecular weight excluding hydrogens is 360 g/mol. The van der Waals surface area contributed by atoms with E-state index in [4.69, 9.17) is 4.42 Å². The number of thiophene rings is 1. The van der Waals surface area contributed by atoms with Gasteiger partial charge in [-0.3, -0.25) is 4.79 Å². The molecule has 0 atom stereocenters. The van der Waals surface area contributed by atoms with Crippen LogP contribution in [-0.4, -0.2) is 19.0 Å². The van der Waals surface area contributed by atoms with Crippen LogP contribution >= 0.6 is 27.3 Å². The lowest BCUT2D eigenvalue weighted by atomic mass is 10.2. The molecule has 21 heavy (non-hydrogen) atoms. The number of carbonyl (C=O) groups is 2. The lowest BCUT2D eigenvalue weighted by molar-refractivity contribution is 0.0605. The summed E-state index contributed by atoms with van der Waals surface area (Å²) in [6.45, 7) is 1.63. The number of esters is 1. The van der Waals surface area contributed by atoms with Gasteiger partial charge < -0.3 is 14.5 Å². The highest BCUT2D eigenvalue weighted by molar-refractivity contribution is 9.10. The standard InChI is InChI=1S/C13H9BrN2O4S/c1-6-7(5-15)12(21-10(6)13(18)19-2)16-11(17)8-3-4-9(14)20-8/h3-4H,1-2H3,(H,16,17). The summed E-state index contributed by atoms with van der Waals surface area (Å²) in [6, 6.07) is 5.05. The summed E-state index contributed by atoms with van der Waals surface area (Å²) >= 11 is 4.09. The van der Waals surface area contributed by atoms with Crippen LogP contribution < -0.4 is 5.32 Å². The van der Waals surface area contributed by atoms with E-state index in [0.29, 0.717) is 10.2 Å². The maximum absolute atomic E-state index is 12.0. The molecule has 0 fully saturated rings. The maximum atomic E-state index is 12.0. The zero-order valence-corrected chi connectivity index (χ0v) is 13.4. The van der Waals surface area contributed by atoms with Gasteiger partial charge in [0.2, 0.25) is 0 Å². The topological polar surface area (TPSA) is 92.3 Å². The molecule has 6 nitrogen and oxygen atoms in total. The van der Waals surface area contributed by atoms with Crippen LogP contribution in [-0.2, 0) is 4.74 Å². The van der Waals surface area contributed by atoms with Crippen LogP contribution in [0.5, 0.6) is 0 Å². The van der Waals surface area contributed by atoms with Crippen molar-refractivity contribution in [2.75, 3.05) is 12.4 Å². The zero-order chi connectivity index (χ0) is 15.6. The fraction of sp³-hybridized carbons (Fsp3) is 0.154. The Bertz CT molecular complexity index is 757. The highest BCUT2D eigenvalue weighted by Gasteiger charge is 2.22. The Balaban J connectivity index is 2.34. The Morgan fingerprint density at radius 3 is 2.71 bits per heavy atom. The Hall–Kier alpha value is -2.11. The summed E-state index contributed by atoms with van der Waals surface area (Å²) < 4.78 is 10.2. The van der Waals surface area contributed by atoms with Gasteiger partial charge in [-0.1, -0.05) is 0 Å². The third-order valence-electron chi connectivity index (χ3n) is 2.65. The Morgan fingerprint density at radius 2 is 2.19 bits per heavy atom. The van der Waals surface area contributed by atoms with Crippen molar-refractivity contribution < 1.29 is 18.7 Å². The van der Waals surface area contributed by atoms with E-state index in [0.717, 1.165) is 11.3 Å². The zero-order valence-electron chi connectivity index (χ0n) is 11.0. The van der Waals surface area contributed by atoms with E-state index in [2.05, 4.69) is 26.0 Å². The number of methoxy groups -OCH3 is 1. The monoisotopic (exact) mass is 368 g/mol. The van der Waals surface area contributed by atoms with Crippen LogP contribution in [0.2, 0.25) is 0 Å². The van der Waals surface area contributed by atoms with Crippen LogP contribution in [0.3, 0.4) is 0 Å². The van der Waals surface area contributed by atoms with Gasteiger partial charge in [-0.2, -0.15) is 5.26 Å². The molecular formula is C13H9BrN2O4S. The molecule has 0 spiro atoms. The average molecular weight is 369 g/mol. The third kappa shape index (κ3) is 2.99. The summed E-state index contributed by atoms with van der Waals surface area (Å²) in [6.07, 6.45) is 0.